The highest BCUT2D eigenvalue weighted by Crippen LogP contribution is 2.27. The zero-order valence-corrected chi connectivity index (χ0v) is 12.6. The van der Waals surface area contributed by atoms with Crippen LogP contribution in [0.5, 0.6) is 0 Å². The van der Waals surface area contributed by atoms with Crippen LogP contribution in [-0.2, 0) is 16.6 Å². The van der Waals surface area contributed by atoms with E-state index in [2.05, 4.69) is 14.7 Å². The molecule has 0 saturated heterocycles. The molecular formula is C14H16N4O2S. The van der Waals surface area contributed by atoms with Crippen LogP contribution in [0.15, 0.2) is 46.0 Å². The third-order valence-corrected chi connectivity index (χ3v) is 4.63. The monoisotopic (exact) mass is 304 g/mol. The van der Waals surface area contributed by atoms with Gasteiger partial charge in [0.05, 0.1) is 12.2 Å². The summed E-state index contributed by atoms with van der Waals surface area (Å²) in [6.45, 7) is 4.43. The number of fused-ring (bicyclic) bond motifs is 1. The van der Waals surface area contributed by atoms with Crippen LogP contribution in [0.2, 0.25) is 0 Å². The molecule has 0 atom stereocenters. The average molecular weight is 304 g/mol. The van der Waals surface area contributed by atoms with E-state index >= 15 is 0 Å². The van der Waals surface area contributed by atoms with E-state index < -0.39 is 10.0 Å². The first-order chi connectivity index (χ1) is 9.97. The molecular weight excluding hydrogens is 288 g/mol. The minimum atomic E-state index is -3.64. The lowest BCUT2D eigenvalue weighted by molar-refractivity contribution is 0.597. The number of rotatable bonds is 3. The van der Waals surface area contributed by atoms with Crippen molar-refractivity contribution in [2.24, 2.45) is 4.40 Å². The zero-order valence-electron chi connectivity index (χ0n) is 11.8. The number of imidazole rings is 1. The van der Waals surface area contributed by atoms with Crippen LogP contribution in [0.4, 0.5) is 5.69 Å². The van der Waals surface area contributed by atoms with Crippen LogP contribution in [0.1, 0.15) is 25.6 Å². The molecule has 7 heteroatoms. The number of amidine groups is 1. The Labute approximate surface area is 123 Å². The minimum Gasteiger partial charge on any atom is -0.340 e. The highest BCUT2D eigenvalue weighted by Gasteiger charge is 2.24. The third-order valence-electron chi connectivity index (χ3n) is 3.26. The molecule has 0 radical (unpaired) electrons. The maximum atomic E-state index is 12.2. The lowest BCUT2D eigenvalue weighted by Gasteiger charge is -2.19. The van der Waals surface area contributed by atoms with E-state index in [4.69, 9.17) is 0 Å². The first kappa shape index (κ1) is 13.8. The largest absolute Gasteiger partial charge is 0.340 e. The highest BCUT2D eigenvalue weighted by atomic mass is 32.2. The summed E-state index contributed by atoms with van der Waals surface area (Å²) in [4.78, 5) is 4.50. The van der Waals surface area contributed by atoms with Gasteiger partial charge < -0.3 is 9.88 Å². The second kappa shape index (κ2) is 5.00. The van der Waals surface area contributed by atoms with Crippen LogP contribution in [-0.4, -0.2) is 23.8 Å². The summed E-state index contributed by atoms with van der Waals surface area (Å²) in [6.07, 6.45) is 3.54. The van der Waals surface area contributed by atoms with Crippen molar-refractivity contribution in [1.82, 2.24) is 9.55 Å². The predicted molar refractivity (Wildman–Crippen MR) is 81.0 cm³/mol. The Morgan fingerprint density at radius 3 is 2.81 bits per heavy atom. The van der Waals surface area contributed by atoms with Crippen molar-refractivity contribution in [2.75, 3.05) is 5.32 Å². The van der Waals surface area contributed by atoms with Crippen molar-refractivity contribution in [1.29, 1.82) is 0 Å². The van der Waals surface area contributed by atoms with Gasteiger partial charge >= 0.3 is 0 Å². The summed E-state index contributed by atoms with van der Waals surface area (Å²) < 4.78 is 30.1. The normalized spacial score (nSPS) is 16.2. The molecule has 0 aliphatic carbocycles. The topological polar surface area (TPSA) is 76.3 Å². The van der Waals surface area contributed by atoms with E-state index in [0.29, 0.717) is 18.1 Å². The molecule has 0 saturated carbocycles. The molecule has 0 amide bonds. The lowest BCUT2D eigenvalue weighted by Crippen LogP contribution is -2.26. The van der Waals surface area contributed by atoms with E-state index in [1.807, 2.05) is 24.6 Å². The second-order valence-electron chi connectivity index (χ2n) is 5.20. The maximum absolute atomic E-state index is 12.2. The summed E-state index contributed by atoms with van der Waals surface area (Å²) in [5.74, 6) is 1.55. The molecule has 2 heterocycles. The molecule has 110 valence electrons. The number of sulfonamides is 1. The Morgan fingerprint density at radius 1 is 1.29 bits per heavy atom. The summed E-state index contributed by atoms with van der Waals surface area (Å²) >= 11 is 0. The molecule has 0 unspecified atom stereocenters. The number of benzene rings is 1. The van der Waals surface area contributed by atoms with Crippen LogP contribution in [0, 0.1) is 0 Å². The van der Waals surface area contributed by atoms with Gasteiger partial charge in [-0.2, -0.15) is 8.42 Å². The summed E-state index contributed by atoms with van der Waals surface area (Å²) in [5.41, 5.74) is 0.564. The van der Waals surface area contributed by atoms with Gasteiger partial charge in [-0.1, -0.05) is 26.0 Å². The van der Waals surface area contributed by atoms with Gasteiger partial charge in [-0.3, -0.25) is 0 Å². The Balaban J connectivity index is 1.95. The molecule has 21 heavy (non-hydrogen) atoms. The molecule has 1 aromatic heterocycles. The number of hydrogen-bond donors (Lipinski definition) is 1. The standard InChI is InChI=1S/C14H16N4O2S/c1-10(2)14-15-7-8-18(14)9-13-16-11-5-3-4-6-12(11)21(19,20)17-13/h3-8,10H,9H2,1-2H3,(H,16,17). The smallest absolute Gasteiger partial charge is 0.286 e. The average Bonchev–Trinajstić information content (AvgIpc) is 2.86. The fraction of sp³-hybridized carbons (Fsp3) is 0.286. The molecule has 1 aromatic carbocycles. The van der Waals surface area contributed by atoms with Gasteiger partial charge in [0, 0.05) is 18.3 Å². The molecule has 2 aromatic rings. The summed E-state index contributed by atoms with van der Waals surface area (Å²) in [7, 11) is -3.64. The zero-order chi connectivity index (χ0) is 15.0. The van der Waals surface area contributed by atoms with Crippen LogP contribution in [0.3, 0.4) is 0 Å². The van der Waals surface area contributed by atoms with E-state index in [1.165, 1.54) is 0 Å². The molecule has 3 rings (SSSR count). The van der Waals surface area contributed by atoms with Gasteiger partial charge in [0.15, 0.2) is 0 Å². The molecule has 1 aliphatic heterocycles. The number of para-hydroxylation sites is 1. The van der Waals surface area contributed by atoms with Crippen molar-refractivity contribution in [2.45, 2.75) is 31.2 Å². The Kier molecular flexibility index (Phi) is 3.29. The molecule has 0 bridgehead atoms. The maximum Gasteiger partial charge on any atom is 0.286 e. The molecule has 0 fully saturated rings. The number of anilines is 1. The minimum absolute atomic E-state index is 0.212. The first-order valence-electron chi connectivity index (χ1n) is 6.68. The van der Waals surface area contributed by atoms with Gasteiger partial charge in [-0.15, -0.1) is 4.40 Å². The van der Waals surface area contributed by atoms with Crippen LogP contribution >= 0.6 is 0 Å². The number of nitrogens with one attached hydrogen (secondary N) is 1. The van der Waals surface area contributed by atoms with Crippen LogP contribution < -0.4 is 5.32 Å². The Bertz CT molecular complexity index is 806. The van der Waals surface area contributed by atoms with Gasteiger partial charge in [0.2, 0.25) is 0 Å². The first-order valence-corrected chi connectivity index (χ1v) is 8.12. The molecule has 6 nitrogen and oxygen atoms in total. The van der Waals surface area contributed by atoms with Gasteiger partial charge in [-0.05, 0) is 12.1 Å². The van der Waals surface area contributed by atoms with Crippen molar-refractivity contribution >= 4 is 21.5 Å². The molecule has 1 N–H and O–H groups in total. The third kappa shape index (κ3) is 2.56. The van der Waals surface area contributed by atoms with E-state index in [9.17, 15) is 8.42 Å². The Morgan fingerprint density at radius 2 is 2.05 bits per heavy atom. The van der Waals surface area contributed by atoms with Gasteiger partial charge in [0.1, 0.15) is 16.6 Å². The fourth-order valence-corrected chi connectivity index (χ4v) is 3.49. The van der Waals surface area contributed by atoms with Crippen molar-refractivity contribution in [3.63, 3.8) is 0 Å². The van der Waals surface area contributed by atoms with Gasteiger partial charge in [-0.25, -0.2) is 4.98 Å². The molecule has 1 aliphatic rings. The van der Waals surface area contributed by atoms with E-state index in [-0.39, 0.29) is 10.8 Å². The molecule has 0 spiro atoms. The van der Waals surface area contributed by atoms with Crippen molar-refractivity contribution < 1.29 is 8.42 Å². The predicted octanol–water partition coefficient (Wildman–Crippen LogP) is 2.22. The summed E-state index contributed by atoms with van der Waals surface area (Å²) in [5, 5.41) is 3.08. The number of aromatic nitrogens is 2. The Hall–Kier alpha value is -2.15. The fourth-order valence-electron chi connectivity index (χ4n) is 2.35. The SMILES string of the molecule is CC(C)c1nccn1CC1=NS(=O)(=O)c2ccccc2N1. The lowest BCUT2D eigenvalue weighted by atomic mass is 10.2. The summed E-state index contributed by atoms with van der Waals surface area (Å²) in [6, 6.07) is 6.76. The number of nitrogens with zero attached hydrogens (tertiary/aromatic N) is 3. The van der Waals surface area contributed by atoms with Crippen molar-refractivity contribution in [3.8, 4) is 0 Å². The van der Waals surface area contributed by atoms with E-state index in [0.717, 1.165) is 5.82 Å². The van der Waals surface area contributed by atoms with Crippen LogP contribution in [0.25, 0.3) is 0 Å². The second-order valence-corrected chi connectivity index (χ2v) is 6.77. The number of hydrogen-bond acceptors (Lipinski definition) is 4. The quantitative estimate of drug-likeness (QED) is 0.943. The van der Waals surface area contributed by atoms with Gasteiger partial charge in [0.25, 0.3) is 10.0 Å². The van der Waals surface area contributed by atoms with E-state index in [1.54, 1.807) is 30.5 Å². The highest BCUT2D eigenvalue weighted by molar-refractivity contribution is 7.90. The van der Waals surface area contributed by atoms with Crippen molar-refractivity contribution in [3.05, 3.63) is 42.5 Å².